The second kappa shape index (κ2) is 11.7. The molecule has 35 heavy (non-hydrogen) atoms. The van der Waals surface area contributed by atoms with Gasteiger partial charge in [-0.15, -0.1) is 0 Å². The van der Waals surface area contributed by atoms with Crippen LogP contribution in [0.2, 0.25) is 0 Å². The molecule has 0 radical (unpaired) electrons. The predicted molar refractivity (Wildman–Crippen MR) is 132 cm³/mol. The molecule has 1 amide bonds. The number of hydrazone groups is 1. The Morgan fingerprint density at radius 3 is 2.69 bits per heavy atom. The Balaban J connectivity index is 1.72. The third-order valence-electron chi connectivity index (χ3n) is 4.88. The number of benzene rings is 2. The van der Waals surface area contributed by atoms with Crippen molar-refractivity contribution in [2.75, 3.05) is 13.2 Å². The molecule has 3 rings (SSSR count). The van der Waals surface area contributed by atoms with Crippen molar-refractivity contribution in [3.05, 3.63) is 81.0 Å². The van der Waals surface area contributed by atoms with Crippen molar-refractivity contribution >= 4 is 41.1 Å². The van der Waals surface area contributed by atoms with Gasteiger partial charge < -0.3 is 20.1 Å². The van der Waals surface area contributed by atoms with Gasteiger partial charge in [0, 0.05) is 17.3 Å². The van der Waals surface area contributed by atoms with Crippen LogP contribution in [0.1, 0.15) is 31.0 Å². The van der Waals surface area contributed by atoms with Crippen molar-refractivity contribution in [2.45, 2.75) is 19.9 Å². The van der Waals surface area contributed by atoms with Gasteiger partial charge in [-0.25, -0.2) is 10.2 Å². The van der Waals surface area contributed by atoms with E-state index in [1.165, 1.54) is 24.4 Å². The summed E-state index contributed by atoms with van der Waals surface area (Å²) in [5.74, 6) is -0.739. The number of para-hydroxylation sites is 2. The molecular formula is C23H23N5O6S. The third kappa shape index (κ3) is 6.38. The molecule has 1 atom stereocenters. The van der Waals surface area contributed by atoms with E-state index in [-0.39, 0.29) is 17.9 Å². The molecule has 1 aliphatic heterocycles. The lowest BCUT2D eigenvalue weighted by molar-refractivity contribution is -0.385. The number of nitro groups is 1. The SMILES string of the molecule is CCOC(=O)C1=C(C)NC(=S)N[C@H]1c1ccccc1OCC(=O)NN=Cc1ccccc1[N+](=O)[O-]. The number of rotatable bonds is 9. The molecule has 2 aromatic carbocycles. The van der Waals surface area contributed by atoms with Gasteiger partial charge in [-0.2, -0.15) is 5.10 Å². The van der Waals surface area contributed by atoms with Crippen LogP contribution in [-0.2, 0) is 14.3 Å². The molecule has 11 nitrogen and oxygen atoms in total. The van der Waals surface area contributed by atoms with E-state index >= 15 is 0 Å². The molecular weight excluding hydrogens is 474 g/mol. The lowest BCUT2D eigenvalue weighted by Crippen LogP contribution is -2.45. The molecule has 1 aliphatic rings. The number of hydrogen-bond donors (Lipinski definition) is 3. The fourth-order valence-electron chi connectivity index (χ4n) is 3.37. The van der Waals surface area contributed by atoms with E-state index in [9.17, 15) is 19.7 Å². The molecule has 182 valence electrons. The second-order valence-electron chi connectivity index (χ2n) is 7.23. The molecule has 3 N–H and O–H groups in total. The van der Waals surface area contributed by atoms with Crippen molar-refractivity contribution in [3.8, 4) is 5.75 Å². The number of thiocarbonyl (C=S) groups is 1. The summed E-state index contributed by atoms with van der Waals surface area (Å²) < 4.78 is 10.9. The standard InChI is InChI=1S/C23H23N5O6S/c1-3-33-22(30)20-14(2)25-23(35)26-21(20)16-9-5-7-11-18(16)34-13-19(29)27-24-12-15-8-4-6-10-17(15)28(31)32/h4-12,21H,3,13H2,1-2H3,(H,27,29)(H2,25,26,35)/t21-/m0/s1. The summed E-state index contributed by atoms with van der Waals surface area (Å²) in [7, 11) is 0. The number of carbonyl (C=O) groups is 2. The van der Waals surface area contributed by atoms with Crippen molar-refractivity contribution in [1.29, 1.82) is 0 Å². The van der Waals surface area contributed by atoms with Gasteiger partial charge in [-0.1, -0.05) is 30.3 Å². The molecule has 0 bridgehead atoms. The molecule has 0 saturated carbocycles. The molecule has 2 aromatic rings. The Morgan fingerprint density at radius 1 is 1.23 bits per heavy atom. The summed E-state index contributed by atoms with van der Waals surface area (Å²) >= 11 is 5.26. The number of nitrogens with one attached hydrogen (secondary N) is 3. The largest absolute Gasteiger partial charge is 0.483 e. The maximum absolute atomic E-state index is 12.6. The van der Waals surface area contributed by atoms with E-state index in [0.717, 1.165) is 0 Å². The summed E-state index contributed by atoms with van der Waals surface area (Å²) in [6, 6.07) is 12.2. The zero-order chi connectivity index (χ0) is 25.4. The molecule has 0 aromatic heterocycles. The van der Waals surface area contributed by atoms with E-state index in [1.54, 1.807) is 44.2 Å². The van der Waals surface area contributed by atoms with Gasteiger partial charge in [0.05, 0.1) is 34.9 Å². The zero-order valence-corrected chi connectivity index (χ0v) is 19.8. The van der Waals surface area contributed by atoms with Crippen LogP contribution < -0.4 is 20.8 Å². The van der Waals surface area contributed by atoms with E-state index < -0.39 is 29.4 Å². The Bertz CT molecular complexity index is 1210. The van der Waals surface area contributed by atoms with E-state index in [4.69, 9.17) is 21.7 Å². The average Bonchev–Trinajstić information content (AvgIpc) is 2.82. The number of hydrogen-bond acceptors (Lipinski definition) is 8. The minimum Gasteiger partial charge on any atom is -0.483 e. The summed E-state index contributed by atoms with van der Waals surface area (Å²) in [4.78, 5) is 35.4. The van der Waals surface area contributed by atoms with Crippen LogP contribution >= 0.6 is 12.2 Å². The number of allylic oxidation sites excluding steroid dienone is 1. The monoisotopic (exact) mass is 497 g/mol. The first kappa shape index (κ1) is 25.3. The van der Waals surface area contributed by atoms with Crippen LogP contribution in [0.5, 0.6) is 5.75 Å². The quantitative estimate of drug-likeness (QED) is 0.156. The lowest BCUT2D eigenvalue weighted by Gasteiger charge is -2.30. The maximum Gasteiger partial charge on any atom is 0.338 e. The topological polar surface area (TPSA) is 144 Å². The smallest absolute Gasteiger partial charge is 0.338 e. The van der Waals surface area contributed by atoms with Gasteiger partial charge in [0.25, 0.3) is 11.6 Å². The van der Waals surface area contributed by atoms with Crippen molar-refractivity contribution in [2.24, 2.45) is 5.10 Å². The number of nitrogens with zero attached hydrogens (tertiary/aromatic N) is 2. The van der Waals surface area contributed by atoms with Gasteiger partial charge in [-0.05, 0) is 38.2 Å². The number of nitro benzene ring substituents is 1. The fraction of sp³-hybridized carbons (Fsp3) is 0.217. The summed E-state index contributed by atoms with van der Waals surface area (Å²) in [6.45, 7) is 3.25. The number of ether oxygens (including phenoxy) is 2. The van der Waals surface area contributed by atoms with Crippen LogP contribution in [0.3, 0.4) is 0 Å². The zero-order valence-electron chi connectivity index (χ0n) is 18.9. The molecule has 0 saturated heterocycles. The van der Waals surface area contributed by atoms with Crippen LogP contribution in [0.15, 0.2) is 64.9 Å². The first-order chi connectivity index (χ1) is 16.8. The normalized spacial score (nSPS) is 15.3. The van der Waals surface area contributed by atoms with Crippen molar-refractivity contribution in [1.82, 2.24) is 16.1 Å². The van der Waals surface area contributed by atoms with E-state index in [0.29, 0.717) is 27.7 Å². The van der Waals surface area contributed by atoms with Gasteiger partial charge in [0.15, 0.2) is 11.7 Å². The van der Waals surface area contributed by atoms with Crippen LogP contribution in [0.4, 0.5) is 5.69 Å². The second-order valence-corrected chi connectivity index (χ2v) is 7.63. The number of amides is 1. The lowest BCUT2D eigenvalue weighted by atomic mass is 9.95. The van der Waals surface area contributed by atoms with Crippen LogP contribution in [0, 0.1) is 10.1 Å². The Labute approximate surface area is 206 Å². The highest BCUT2D eigenvalue weighted by Gasteiger charge is 2.32. The van der Waals surface area contributed by atoms with Gasteiger partial charge in [0.1, 0.15) is 5.75 Å². The average molecular weight is 498 g/mol. The fourth-order valence-corrected chi connectivity index (χ4v) is 3.64. The first-order valence-corrected chi connectivity index (χ1v) is 10.9. The summed E-state index contributed by atoms with van der Waals surface area (Å²) in [5, 5.41) is 21.1. The highest BCUT2D eigenvalue weighted by molar-refractivity contribution is 7.80. The number of esters is 1. The highest BCUT2D eigenvalue weighted by atomic mass is 32.1. The molecule has 0 fully saturated rings. The predicted octanol–water partition coefficient (Wildman–Crippen LogP) is 2.48. The molecule has 1 heterocycles. The van der Waals surface area contributed by atoms with E-state index in [2.05, 4.69) is 21.2 Å². The van der Waals surface area contributed by atoms with Crippen molar-refractivity contribution < 1.29 is 24.0 Å². The van der Waals surface area contributed by atoms with Crippen LogP contribution in [-0.4, -0.2) is 41.3 Å². The van der Waals surface area contributed by atoms with Gasteiger partial charge >= 0.3 is 5.97 Å². The van der Waals surface area contributed by atoms with Crippen molar-refractivity contribution in [3.63, 3.8) is 0 Å². The minimum atomic E-state index is -0.654. The highest BCUT2D eigenvalue weighted by Crippen LogP contribution is 2.33. The van der Waals surface area contributed by atoms with E-state index in [1.807, 2.05) is 0 Å². The molecule has 0 aliphatic carbocycles. The molecule has 0 spiro atoms. The Morgan fingerprint density at radius 2 is 1.94 bits per heavy atom. The minimum absolute atomic E-state index is 0.135. The Kier molecular flexibility index (Phi) is 8.46. The van der Waals surface area contributed by atoms with Gasteiger partial charge in [-0.3, -0.25) is 14.9 Å². The molecule has 0 unspecified atom stereocenters. The molecule has 12 heteroatoms. The summed E-state index contributed by atoms with van der Waals surface area (Å²) in [6.07, 6.45) is 1.18. The first-order valence-electron chi connectivity index (χ1n) is 10.5. The third-order valence-corrected chi connectivity index (χ3v) is 5.10. The summed E-state index contributed by atoms with van der Waals surface area (Å²) in [5.41, 5.74) is 3.85. The maximum atomic E-state index is 12.6. The Hall–Kier alpha value is -4.32. The van der Waals surface area contributed by atoms with Gasteiger partial charge in [0.2, 0.25) is 0 Å². The van der Waals surface area contributed by atoms with Crippen LogP contribution in [0.25, 0.3) is 0 Å². The number of carbonyl (C=O) groups excluding carboxylic acids is 2.